The summed E-state index contributed by atoms with van der Waals surface area (Å²) in [4.78, 5) is 0. The van der Waals surface area contributed by atoms with E-state index in [2.05, 4.69) is 12.2 Å². The smallest absolute Gasteiger partial charge is 0.126 e. The summed E-state index contributed by atoms with van der Waals surface area (Å²) in [6.07, 6.45) is 0.812. The van der Waals surface area contributed by atoms with E-state index in [9.17, 15) is 4.39 Å². The molecule has 0 fully saturated rings. The molecule has 2 heteroatoms. The molecular weight excluding hydrogens is 153 g/mol. The molecular formula is C10H12FN. The van der Waals surface area contributed by atoms with E-state index in [-0.39, 0.29) is 5.82 Å². The zero-order valence-electron chi connectivity index (χ0n) is 7.10. The first-order valence-electron chi connectivity index (χ1n) is 4.29. The van der Waals surface area contributed by atoms with Crippen LogP contribution in [0.1, 0.15) is 24.1 Å². The van der Waals surface area contributed by atoms with Gasteiger partial charge in [0.2, 0.25) is 0 Å². The lowest BCUT2D eigenvalue weighted by Gasteiger charge is -2.23. The Bertz CT molecular complexity index is 296. The van der Waals surface area contributed by atoms with Crippen LogP contribution in [0.2, 0.25) is 0 Å². The Labute approximate surface area is 71.6 Å². The Balaban J connectivity index is 2.52. The molecule has 0 radical (unpaired) electrons. The highest BCUT2D eigenvalue weighted by molar-refractivity contribution is 5.33. The highest BCUT2D eigenvalue weighted by atomic mass is 19.1. The molecule has 0 aliphatic carbocycles. The molecule has 1 aromatic rings. The standard InChI is InChI=1S/C10H12FN/c1-7-8-3-2-4-10(11)9(8)5-6-12-7/h2-4,7,12H,5-6H2,1H3. The van der Waals surface area contributed by atoms with E-state index in [1.807, 2.05) is 6.07 Å². The average molecular weight is 165 g/mol. The molecule has 1 aromatic carbocycles. The van der Waals surface area contributed by atoms with E-state index < -0.39 is 0 Å². The van der Waals surface area contributed by atoms with Crippen molar-refractivity contribution in [3.63, 3.8) is 0 Å². The SMILES string of the molecule is CC1NCCc2c(F)cccc21. The van der Waals surface area contributed by atoms with Crippen molar-refractivity contribution in [2.75, 3.05) is 6.54 Å². The van der Waals surface area contributed by atoms with Gasteiger partial charge in [0.1, 0.15) is 5.82 Å². The van der Waals surface area contributed by atoms with Gasteiger partial charge in [0.25, 0.3) is 0 Å². The summed E-state index contributed by atoms with van der Waals surface area (Å²) in [5.74, 6) is -0.0548. The summed E-state index contributed by atoms with van der Waals surface area (Å²) in [6.45, 7) is 2.95. The van der Waals surface area contributed by atoms with Gasteiger partial charge in [-0.2, -0.15) is 0 Å². The first kappa shape index (κ1) is 7.74. The second-order valence-electron chi connectivity index (χ2n) is 3.23. The predicted molar refractivity (Wildman–Crippen MR) is 46.5 cm³/mol. The normalized spacial score (nSPS) is 22.0. The monoisotopic (exact) mass is 165 g/mol. The summed E-state index contributed by atoms with van der Waals surface area (Å²) in [5.41, 5.74) is 2.00. The van der Waals surface area contributed by atoms with Crippen LogP contribution in [0.3, 0.4) is 0 Å². The molecule has 1 N–H and O–H groups in total. The van der Waals surface area contributed by atoms with Crippen LogP contribution in [0, 0.1) is 5.82 Å². The third-order valence-corrected chi connectivity index (χ3v) is 2.45. The number of hydrogen-bond acceptors (Lipinski definition) is 1. The van der Waals surface area contributed by atoms with Gasteiger partial charge >= 0.3 is 0 Å². The third-order valence-electron chi connectivity index (χ3n) is 2.45. The number of fused-ring (bicyclic) bond motifs is 1. The maximum atomic E-state index is 13.2. The third kappa shape index (κ3) is 1.12. The second-order valence-corrected chi connectivity index (χ2v) is 3.23. The molecule has 0 amide bonds. The molecule has 2 rings (SSSR count). The highest BCUT2D eigenvalue weighted by Gasteiger charge is 2.17. The Morgan fingerprint density at radius 1 is 1.50 bits per heavy atom. The average Bonchev–Trinajstić information content (AvgIpc) is 2.07. The van der Waals surface area contributed by atoms with E-state index in [1.54, 1.807) is 6.07 Å². The lowest BCUT2D eigenvalue weighted by atomic mass is 9.95. The zero-order valence-corrected chi connectivity index (χ0v) is 7.10. The van der Waals surface area contributed by atoms with Gasteiger partial charge in [-0.3, -0.25) is 0 Å². The van der Waals surface area contributed by atoms with Gasteiger partial charge in [-0.15, -0.1) is 0 Å². The largest absolute Gasteiger partial charge is 0.310 e. The van der Waals surface area contributed by atoms with E-state index >= 15 is 0 Å². The van der Waals surface area contributed by atoms with Crippen molar-refractivity contribution in [2.45, 2.75) is 19.4 Å². The van der Waals surface area contributed by atoms with Crippen LogP contribution in [-0.2, 0) is 6.42 Å². The summed E-state index contributed by atoms with van der Waals surface area (Å²) >= 11 is 0. The van der Waals surface area contributed by atoms with Crippen molar-refractivity contribution in [2.24, 2.45) is 0 Å². The minimum Gasteiger partial charge on any atom is -0.310 e. The van der Waals surface area contributed by atoms with Crippen LogP contribution in [0.4, 0.5) is 4.39 Å². The molecule has 0 aromatic heterocycles. The predicted octanol–water partition coefficient (Wildman–Crippen LogP) is 2.03. The van der Waals surface area contributed by atoms with Crippen LogP contribution in [-0.4, -0.2) is 6.54 Å². The summed E-state index contributed by atoms with van der Waals surface area (Å²) in [7, 11) is 0. The van der Waals surface area contributed by atoms with E-state index in [0.29, 0.717) is 6.04 Å². The molecule has 0 bridgehead atoms. The van der Waals surface area contributed by atoms with Gasteiger partial charge < -0.3 is 5.32 Å². The van der Waals surface area contributed by atoms with Crippen molar-refractivity contribution < 1.29 is 4.39 Å². The Hall–Kier alpha value is -0.890. The zero-order chi connectivity index (χ0) is 8.55. The maximum Gasteiger partial charge on any atom is 0.126 e. The van der Waals surface area contributed by atoms with Crippen molar-refractivity contribution in [1.82, 2.24) is 5.32 Å². The number of halogens is 1. The van der Waals surface area contributed by atoms with Gasteiger partial charge in [0, 0.05) is 6.04 Å². The van der Waals surface area contributed by atoms with Gasteiger partial charge in [0.15, 0.2) is 0 Å². The molecule has 1 heterocycles. The first-order valence-corrected chi connectivity index (χ1v) is 4.29. The fraction of sp³-hybridized carbons (Fsp3) is 0.400. The van der Waals surface area contributed by atoms with Crippen LogP contribution in [0.25, 0.3) is 0 Å². The number of rotatable bonds is 0. The Morgan fingerprint density at radius 2 is 2.33 bits per heavy atom. The summed E-state index contributed by atoms with van der Waals surface area (Å²) in [5, 5.41) is 3.30. The molecule has 0 spiro atoms. The molecule has 1 atom stereocenters. The van der Waals surface area contributed by atoms with Crippen LogP contribution >= 0.6 is 0 Å². The van der Waals surface area contributed by atoms with Gasteiger partial charge in [-0.1, -0.05) is 12.1 Å². The first-order chi connectivity index (χ1) is 5.79. The molecule has 0 saturated heterocycles. The summed E-state index contributed by atoms with van der Waals surface area (Å²) < 4.78 is 13.2. The molecule has 1 aliphatic heterocycles. The van der Waals surface area contributed by atoms with Crippen LogP contribution in [0.5, 0.6) is 0 Å². The van der Waals surface area contributed by atoms with Gasteiger partial charge in [-0.05, 0) is 37.1 Å². The quantitative estimate of drug-likeness (QED) is 0.620. The van der Waals surface area contributed by atoms with Crippen molar-refractivity contribution in [3.8, 4) is 0 Å². The Kier molecular flexibility index (Phi) is 1.85. The molecule has 1 unspecified atom stereocenters. The fourth-order valence-electron chi connectivity index (χ4n) is 1.77. The number of nitrogens with one attached hydrogen (secondary N) is 1. The van der Waals surface area contributed by atoms with Crippen LogP contribution < -0.4 is 5.32 Å². The topological polar surface area (TPSA) is 12.0 Å². The van der Waals surface area contributed by atoms with Crippen molar-refractivity contribution >= 4 is 0 Å². The second kappa shape index (κ2) is 2.87. The molecule has 1 aliphatic rings. The van der Waals surface area contributed by atoms with Crippen molar-refractivity contribution in [3.05, 3.63) is 35.1 Å². The molecule has 64 valence electrons. The fourth-order valence-corrected chi connectivity index (χ4v) is 1.77. The maximum absolute atomic E-state index is 13.2. The van der Waals surface area contributed by atoms with Crippen molar-refractivity contribution in [1.29, 1.82) is 0 Å². The van der Waals surface area contributed by atoms with E-state index in [0.717, 1.165) is 24.1 Å². The highest BCUT2D eigenvalue weighted by Crippen LogP contribution is 2.23. The van der Waals surface area contributed by atoms with Gasteiger partial charge in [-0.25, -0.2) is 4.39 Å². The number of benzene rings is 1. The lowest BCUT2D eigenvalue weighted by Crippen LogP contribution is -2.28. The van der Waals surface area contributed by atoms with Crippen LogP contribution in [0.15, 0.2) is 18.2 Å². The van der Waals surface area contributed by atoms with E-state index in [1.165, 1.54) is 6.07 Å². The Morgan fingerprint density at radius 3 is 3.08 bits per heavy atom. The minimum absolute atomic E-state index is 0.0548. The number of hydrogen-bond donors (Lipinski definition) is 1. The molecule has 1 nitrogen and oxygen atoms in total. The molecule has 12 heavy (non-hydrogen) atoms. The minimum atomic E-state index is -0.0548. The van der Waals surface area contributed by atoms with Gasteiger partial charge in [0.05, 0.1) is 0 Å². The molecule has 0 saturated carbocycles. The summed E-state index contributed by atoms with van der Waals surface area (Å²) in [6, 6.07) is 5.61. The van der Waals surface area contributed by atoms with E-state index in [4.69, 9.17) is 0 Å². The lowest BCUT2D eigenvalue weighted by molar-refractivity contribution is 0.513.